The molecule has 0 aromatic carbocycles. The fourth-order valence-electron chi connectivity index (χ4n) is 2.50. The molecular weight excluding hydrogens is 296 g/mol. The van der Waals surface area contributed by atoms with Gasteiger partial charge in [0, 0.05) is 0 Å². The zero-order valence-corrected chi connectivity index (χ0v) is 13.2. The molecule has 20 heavy (non-hydrogen) atoms. The molecule has 1 aromatic rings. The second-order valence-corrected chi connectivity index (χ2v) is 7.80. The lowest BCUT2D eigenvalue weighted by molar-refractivity contribution is -0.150. The molecule has 0 bridgehead atoms. The third-order valence-corrected chi connectivity index (χ3v) is 6.55. The lowest BCUT2D eigenvalue weighted by atomic mass is 9.80. The summed E-state index contributed by atoms with van der Waals surface area (Å²) in [4.78, 5) is 11.7. The Bertz CT molecular complexity index is 462. The fraction of sp³-hybridized carbons (Fsp3) is 0.643. The minimum atomic E-state index is -1.16. The Labute approximate surface area is 125 Å². The molecule has 1 aliphatic rings. The predicted octanol–water partition coefficient (Wildman–Crippen LogP) is 2.34. The molecule has 1 heterocycles. The van der Waals surface area contributed by atoms with E-state index in [1.807, 2.05) is 17.5 Å². The minimum Gasteiger partial charge on any atom is -0.466 e. The van der Waals surface area contributed by atoms with Crippen LogP contribution in [0.15, 0.2) is 21.7 Å². The van der Waals surface area contributed by atoms with E-state index < -0.39 is 16.4 Å². The summed E-state index contributed by atoms with van der Waals surface area (Å²) in [5.74, 6) is -0.0393. The number of carbonyl (C=O) groups excluding carboxylic acids is 1. The second-order valence-electron chi connectivity index (χ2n) is 5.17. The van der Waals surface area contributed by atoms with Gasteiger partial charge in [0.25, 0.3) is 0 Å². The predicted molar refractivity (Wildman–Crippen MR) is 79.1 cm³/mol. The first-order chi connectivity index (χ1) is 9.54. The van der Waals surface area contributed by atoms with E-state index in [0.717, 1.165) is 4.21 Å². The molecule has 1 atom stereocenters. The minimum absolute atomic E-state index is 0.120. The molecular formula is C14H20O4S2. The maximum absolute atomic E-state index is 12.2. The monoisotopic (exact) mass is 316 g/mol. The number of esters is 1. The van der Waals surface area contributed by atoms with E-state index in [2.05, 4.69) is 0 Å². The third-order valence-electron chi connectivity index (χ3n) is 3.66. The Balaban J connectivity index is 1.88. The van der Waals surface area contributed by atoms with Crippen LogP contribution in [0.5, 0.6) is 0 Å². The smallest absolute Gasteiger partial charge is 0.308 e. The highest BCUT2D eigenvalue weighted by atomic mass is 32.2. The van der Waals surface area contributed by atoms with Crippen LogP contribution in [0.25, 0.3) is 0 Å². The average molecular weight is 316 g/mol. The lowest BCUT2D eigenvalue weighted by Gasteiger charge is -2.34. The fourth-order valence-corrected chi connectivity index (χ4v) is 4.87. The van der Waals surface area contributed by atoms with Crippen LogP contribution in [0.2, 0.25) is 0 Å². The van der Waals surface area contributed by atoms with E-state index in [-0.39, 0.29) is 17.6 Å². The van der Waals surface area contributed by atoms with Crippen molar-refractivity contribution in [2.24, 2.45) is 5.92 Å². The zero-order chi connectivity index (χ0) is 14.6. The number of thiophene rings is 1. The van der Waals surface area contributed by atoms with Crippen LogP contribution in [0.1, 0.15) is 32.6 Å². The molecule has 1 aromatic heterocycles. The Morgan fingerprint density at radius 2 is 2.25 bits per heavy atom. The summed E-state index contributed by atoms with van der Waals surface area (Å²) >= 11 is 1.44. The van der Waals surface area contributed by atoms with Gasteiger partial charge in [-0.25, -0.2) is 0 Å². The highest BCUT2D eigenvalue weighted by molar-refractivity contribution is 7.87. The maximum Gasteiger partial charge on any atom is 0.308 e. The second kappa shape index (κ2) is 6.83. The van der Waals surface area contributed by atoms with Crippen molar-refractivity contribution in [3.63, 3.8) is 0 Å². The lowest BCUT2D eigenvalue weighted by Crippen LogP contribution is -2.40. The van der Waals surface area contributed by atoms with Crippen molar-refractivity contribution in [1.82, 2.24) is 0 Å². The number of ether oxygens (including phenoxy) is 1. The number of carbonyl (C=O) groups is 1. The van der Waals surface area contributed by atoms with Crippen molar-refractivity contribution >= 4 is 28.1 Å². The quantitative estimate of drug-likeness (QED) is 0.847. The molecule has 1 N–H and O–H groups in total. The van der Waals surface area contributed by atoms with Gasteiger partial charge in [0.05, 0.1) is 38.9 Å². The van der Waals surface area contributed by atoms with Crippen LogP contribution in [0.4, 0.5) is 0 Å². The van der Waals surface area contributed by atoms with Gasteiger partial charge in [-0.15, -0.1) is 11.3 Å². The third kappa shape index (κ3) is 3.90. The largest absolute Gasteiger partial charge is 0.466 e. The van der Waals surface area contributed by atoms with Gasteiger partial charge < -0.3 is 9.84 Å². The summed E-state index contributed by atoms with van der Waals surface area (Å²) in [5, 5.41) is 12.4. The first kappa shape index (κ1) is 15.7. The summed E-state index contributed by atoms with van der Waals surface area (Å²) < 4.78 is 18.0. The van der Waals surface area contributed by atoms with Crippen molar-refractivity contribution in [3.8, 4) is 0 Å². The van der Waals surface area contributed by atoms with Crippen molar-refractivity contribution < 1.29 is 18.8 Å². The van der Waals surface area contributed by atoms with Crippen LogP contribution >= 0.6 is 11.3 Å². The number of aliphatic hydroxyl groups is 1. The van der Waals surface area contributed by atoms with Crippen LogP contribution in [-0.2, 0) is 20.3 Å². The van der Waals surface area contributed by atoms with Gasteiger partial charge in [-0.2, -0.15) is 0 Å². The van der Waals surface area contributed by atoms with Crippen LogP contribution in [0, 0.1) is 5.92 Å². The molecule has 1 unspecified atom stereocenters. The summed E-state index contributed by atoms with van der Waals surface area (Å²) in [7, 11) is -1.16. The van der Waals surface area contributed by atoms with Gasteiger partial charge in [-0.1, -0.05) is 6.07 Å². The molecule has 4 nitrogen and oxygen atoms in total. The van der Waals surface area contributed by atoms with Crippen molar-refractivity contribution in [2.75, 3.05) is 12.4 Å². The van der Waals surface area contributed by atoms with Gasteiger partial charge >= 0.3 is 5.97 Å². The molecule has 0 spiro atoms. The number of rotatable bonds is 5. The average Bonchev–Trinajstić information content (AvgIpc) is 2.93. The SMILES string of the molecule is CCOC(=O)C1CCC(O)(CS(=O)c2cccs2)CC1. The van der Waals surface area contributed by atoms with Crippen LogP contribution < -0.4 is 0 Å². The Morgan fingerprint density at radius 3 is 2.80 bits per heavy atom. The number of hydrogen-bond acceptors (Lipinski definition) is 5. The van der Waals surface area contributed by atoms with E-state index in [1.165, 1.54) is 11.3 Å². The number of hydrogen-bond donors (Lipinski definition) is 1. The van der Waals surface area contributed by atoms with E-state index in [1.54, 1.807) is 6.92 Å². The Kier molecular flexibility index (Phi) is 5.35. The normalized spacial score (nSPS) is 28.0. The molecule has 0 amide bonds. The molecule has 1 saturated carbocycles. The highest BCUT2D eigenvalue weighted by Gasteiger charge is 2.37. The van der Waals surface area contributed by atoms with E-state index in [0.29, 0.717) is 32.3 Å². The van der Waals surface area contributed by atoms with Crippen molar-refractivity contribution in [3.05, 3.63) is 17.5 Å². The molecule has 1 fully saturated rings. The summed E-state index contributed by atoms with van der Waals surface area (Å²) in [6, 6.07) is 3.69. The zero-order valence-electron chi connectivity index (χ0n) is 11.5. The van der Waals surface area contributed by atoms with Crippen LogP contribution in [-0.4, -0.2) is 33.2 Å². The molecule has 112 valence electrons. The topological polar surface area (TPSA) is 63.6 Å². The van der Waals surface area contributed by atoms with E-state index >= 15 is 0 Å². The van der Waals surface area contributed by atoms with Crippen molar-refractivity contribution in [1.29, 1.82) is 0 Å². The summed E-state index contributed by atoms with van der Waals surface area (Å²) in [6.45, 7) is 2.18. The molecule has 0 saturated heterocycles. The van der Waals surface area contributed by atoms with E-state index in [4.69, 9.17) is 4.74 Å². The van der Waals surface area contributed by atoms with Gasteiger partial charge in [-0.3, -0.25) is 9.00 Å². The van der Waals surface area contributed by atoms with Gasteiger partial charge in [-0.05, 0) is 44.1 Å². The standard InChI is InChI=1S/C14H20O4S2/c1-2-18-13(15)11-5-7-14(16,8-6-11)10-20(17)12-4-3-9-19-12/h3-4,9,11,16H,2,5-8,10H2,1H3. The first-order valence-electron chi connectivity index (χ1n) is 6.85. The molecule has 6 heteroatoms. The molecule has 2 rings (SSSR count). The Hall–Kier alpha value is -0.720. The summed E-state index contributed by atoms with van der Waals surface area (Å²) in [6.07, 6.45) is 2.23. The summed E-state index contributed by atoms with van der Waals surface area (Å²) in [5.41, 5.74) is -0.919. The van der Waals surface area contributed by atoms with Gasteiger partial charge in [0.2, 0.25) is 0 Å². The van der Waals surface area contributed by atoms with Crippen molar-refractivity contribution in [2.45, 2.75) is 42.4 Å². The van der Waals surface area contributed by atoms with Crippen LogP contribution in [0.3, 0.4) is 0 Å². The molecule has 0 radical (unpaired) electrons. The molecule has 0 aliphatic heterocycles. The van der Waals surface area contributed by atoms with Gasteiger partial charge in [0.15, 0.2) is 0 Å². The first-order valence-corrected chi connectivity index (χ1v) is 9.05. The Morgan fingerprint density at radius 1 is 1.55 bits per heavy atom. The molecule has 1 aliphatic carbocycles. The maximum atomic E-state index is 12.2. The highest BCUT2D eigenvalue weighted by Crippen LogP contribution is 2.34. The van der Waals surface area contributed by atoms with E-state index in [9.17, 15) is 14.1 Å². The van der Waals surface area contributed by atoms with Gasteiger partial charge in [0.1, 0.15) is 0 Å².